The Morgan fingerprint density at radius 1 is 0.905 bits per heavy atom. The van der Waals surface area contributed by atoms with Gasteiger partial charge in [0.25, 0.3) is 0 Å². The van der Waals surface area contributed by atoms with Crippen LogP contribution in [-0.4, -0.2) is 20.0 Å². The van der Waals surface area contributed by atoms with Crippen molar-refractivity contribution in [3.05, 3.63) is 64.7 Å². The molecule has 0 bridgehead atoms. The minimum atomic E-state index is -0.227. The van der Waals surface area contributed by atoms with E-state index in [1.165, 1.54) is 0 Å². The maximum absolute atomic E-state index is 12.2. The number of methoxy groups -OCH3 is 2. The van der Waals surface area contributed by atoms with Crippen molar-refractivity contribution in [1.82, 2.24) is 0 Å². The second-order valence-electron chi connectivity index (χ2n) is 4.32. The Labute approximate surface area is 128 Å². The molecular formula is C17H15ClO3. The number of allylic oxidation sites excluding steroid dienone is 1. The number of benzene rings is 2. The van der Waals surface area contributed by atoms with E-state index in [1.54, 1.807) is 44.6 Å². The molecule has 0 heterocycles. The summed E-state index contributed by atoms with van der Waals surface area (Å²) in [6.45, 7) is 0. The van der Waals surface area contributed by atoms with Crippen molar-refractivity contribution in [2.45, 2.75) is 0 Å². The largest absolute Gasteiger partial charge is 0.497 e. The highest BCUT2D eigenvalue weighted by Crippen LogP contribution is 2.20. The van der Waals surface area contributed by atoms with Gasteiger partial charge in [-0.05, 0) is 48.0 Å². The number of carbonyl (C=O) groups is 1. The van der Waals surface area contributed by atoms with E-state index >= 15 is 0 Å². The Morgan fingerprint density at radius 2 is 1.38 bits per heavy atom. The number of hydrogen-bond acceptors (Lipinski definition) is 3. The van der Waals surface area contributed by atoms with E-state index in [1.807, 2.05) is 24.3 Å². The number of ketones is 1. The highest BCUT2D eigenvalue weighted by Gasteiger charge is 2.10. The van der Waals surface area contributed by atoms with Gasteiger partial charge in [-0.1, -0.05) is 23.7 Å². The van der Waals surface area contributed by atoms with Crippen LogP contribution in [-0.2, 0) is 0 Å². The zero-order valence-electron chi connectivity index (χ0n) is 11.8. The van der Waals surface area contributed by atoms with Gasteiger partial charge >= 0.3 is 0 Å². The topological polar surface area (TPSA) is 35.5 Å². The first kappa shape index (κ1) is 15.1. The first-order chi connectivity index (χ1) is 10.1. The summed E-state index contributed by atoms with van der Waals surface area (Å²) in [5, 5.41) is 0.158. The Kier molecular flexibility index (Phi) is 5.01. The third-order valence-electron chi connectivity index (χ3n) is 2.98. The lowest BCUT2D eigenvalue weighted by molar-refractivity contribution is 0.104. The smallest absolute Gasteiger partial charge is 0.204 e. The van der Waals surface area contributed by atoms with Gasteiger partial charge in [0.2, 0.25) is 5.78 Å². The van der Waals surface area contributed by atoms with E-state index in [9.17, 15) is 4.79 Å². The summed E-state index contributed by atoms with van der Waals surface area (Å²) in [6, 6.07) is 14.1. The molecule has 0 aliphatic rings. The third kappa shape index (κ3) is 3.86. The zero-order chi connectivity index (χ0) is 15.2. The summed E-state index contributed by atoms with van der Waals surface area (Å²) in [5.41, 5.74) is 1.35. The summed E-state index contributed by atoms with van der Waals surface area (Å²) in [7, 11) is 3.18. The van der Waals surface area contributed by atoms with E-state index < -0.39 is 0 Å². The molecule has 0 aliphatic heterocycles. The van der Waals surface area contributed by atoms with Crippen molar-refractivity contribution < 1.29 is 14.3 Å². The lowest BCUT2D eigenvalue weighted by atomic mass is 10.1. The third-order valence-corrected chi connectivity index (χ3v) is 3.26. The Morgan fingerprint density at radius 3 is 1.86 bits per heavy atom. The van der Waals surface area contributed by atoms with E-state index in [0.717, 1.165) is 11.3 Å². The Balaban J connectivity index is 2.18. The molecule has 0 saturated heterocycles. The van der Waals surface area contributed by atoms with Crippen LogP contribution in [0, 0.1) is 0 Å². The van der Waals surface area contributed by atoms with E-state index in [0.29, 0.717) is 11.3 Å². The average Bonchev–Trinajstić information content (AvgIpc) is 2.55. The van der Waals surface area contributed by atoms with Gasteiger partial charge in [-0.3, -0.25) is 4.79 Å². The molecule has 2 rings (SSSR count). The van der Waals surface area contributed by atoms with Crippen molar-refractivity contribution in [3.63, 3.8) is 0 Å². The van der Waals surface area contributed by atoms with Crippen LogP contribution in [0.3, 0.4) is 0 Å². The second-order valence-corrected chi connectivity index (χ2v) is 4.73. The van der Waals surface area contributed by atoms with Gasteiger partial charge in [0.15, 0.2) is 0 Å². The van der Waals surface area contributed by atoms with Gasteiger partial charge in [0, 0.05) is 5.56 Å². The molecule has 3 nitrogen and oxygen atoms in total. The van der Waals surface area contributed by atoms with Crippen molar-refractivity contribution in [2.24, 2.45) is 0 Å². The van der Waals surface area contributed by atoms with Gasteiger partial charge in [0.1, 0.15) is 11.5 Å². The minimum absolute atomic E-state index is 0.158. The quantitative estimate of drug-likeness (QED) is 0.614. The van der Waals surface area contributed by atoms with Gasteiger partial charge in [-0.25, -0.2) is 0 Å². The number of halogens is 1. The van der Waals surface area contributed by atoms with Crippen LogP contribution >= 0.6 is 11.6 Å². The number of hydrogen-bond donors (Lipinski definition) is 0. The Bertz CT molecular complexity index is 643. The normalized spacial score (nSPS) is 11.1. The van der Waals surface area contributed by atoms with Crippen molar-refractivity contribution in [3.8, 4) is 11.5 Å². The van der Waals surface area contributed by atoms with Crippen LogP contribution < -0.4 is 9.47 Å². The molecule has 21 heavy (non-hydrogen) atoms. The summed E-state index contributed by atoms with van der Waals surface area (Å²) < 4.78 is 10.1. The van der Waals surface area contributed by atoms with Crippen molar-refractivity contribution in [1.29, 1.82) is 0 Å². The van der Waals surface area contributed by atoms with Crippen LogP contribution in [0.4, 0.5) is 0 Å². The van der Waals surface area contributed by atoms with E-state index in [4.69, 9.17) is 21.1 Å². The molecule has 108 valence electrons. The highest BCUT2D eigenvalue weighted by atomic mass is 35.5. The van der Waals surface area contributed by atoms with Crippen LogP contribution in [0.25, 0.3) is 6.08 Å². The van der Waals surface area contributed by atoms with E-state index in [2.05, 4.69) is 0 Å². The molecule has 0 spiro atoms. The molecule has 0 N–H and O–H groups in total. The fourth-order valence-corrected chi connectivity index (χ4v) is 2.03. The van der Waals surface area contributed by atoms with Crippen LogP contribution in [0.2, 0.25) is 0 Å². The number of Topliss-reactive ketones (excluding diaryl/α,β-unsaturated/α-hetero) is 1. The number of ether oxygens (including phenoxy) is 2. The molecule has 2 aromatic carbocycles. The lowest BCUT2D eigenvalue weighted by Gasteiger charge is -2.03. The van der Waals surface area contributed by atoms with Gasteiger partial charge in [-0.15, -0.1) is 0 Å². The predicted molar refractivity (Wildman–Crippen MR) is 84.1 cm³/mol. The molecule has 0 amide bonds. The summed E-state index contributed by atoms with van der Waals surface area (Å²) in [6.07, 6.45) is 1.63. The first-order valence-corrected chi connectivity index (χ1v) is 6.72. The molecule has 0 atom stereocenters. The molecule has 0 aromatic heterocycles. The van der Waals surface area contributed by atoms with Crippen molar-refractivity contribution in [2.75, 3.05) is 14.2 Å². The lowest BCUT2D eigenvalue weighted by Crippen LogP contribution is -1.98. The average molecular weight is 303 g/mol. The Hall–Kier alpha value is -2.26. The molecule has 4 heteroatoms. The molecule has 0 saturated carbocycles. The molecule has 0 unspecified atom stereocenters. The minimum Gasteiger partial charge on any atom is -0.497 e. The molecular weight excluding hydrogens is 288 g/mol. The zero-order valence-corrected chi connectivity index (χ0v) is 12.6. The number of carbonyl (C=O) groups excluding carboxylic acids is 1. The number of rotatable bonds is 5. The fourth-order valence-electron chi connectivity index (χ4n) is 1.79. The van der Waals surface area contributed by atoms with E-state index in [-0.39, 0.29) is 10.8 Å². The first-order valence-electron chi connectivity index (χ1n) is 6.34. The summed E-state index contributed by atoms with van der Waals surface area (Å²) >= 11 is 6.10. The van der Waals surface area contributed by atoms with Crippen LogP contribution in [0.1, 0.15) is 15.9 Å². The van der Waals surface area contributed by atoms with Crippen LogP contribution in [0.15, 0.2) is 53.6 Å². The fraction of sp³-hybridized carbons (Fsp3) is 0.118. The second kappa shape index (κ2) is 6.95. The standard InChI is InChI=1S/C17H15ClO3/c1-20-14-7-3-12(4-8-14)11-16(18)17(19)13-5-9-15(21-2)10-6-13/h3-11H,1-2H3/b16-11-. The predicted octanol–water partition coefficient (Wildman–Crippen LogP) is 4.17. The molecule has 0 aliphatic carbocycles. The summed E-state index contributed by atoms with van der Waals surface area (Å²) in [4.78, 5) is 12.2. The summed E-state index contributed by atoms with van der Waals surface area (Å²) in [5.74, 6) is 1.22. The van der Waals surface area contributed by atoms with Gasteiger partial charge in [0.05, 0.1) is 19.3 Å². The maximum Gasteiger partial charge on any atom is 0.204 e. The highest BCUT2D eigenvalue weighted by molar-refractivity contribution is 6.47. The SMILES string of the molecule is COc1ccc(/C=C(\Cl)C(=O)c2ccc(OC)cc2)cc1. The molecule has 0 radical (unpaired) electrons. The maximum atomic E-state index is 12.2. The molecule has 2 aromatic rings. The molecule has 0 fully saturated rings. The van der Waals surface area contributed by atoms with Gasteiger partial charge in [-0.2, -0.15) is 0 Å². The van der Waals surface area contributed by atoms with Crippen molar-refractivity contribution >= 4 is 23.5 Å². The monoisotopic (exact) mass is 302 g/mol. The van der Waals surface area contributed by atoms with Crippen LogP contribution in [0.5, 0.6) is 11.5 Å². The van der Waals surface area contributed by atoms with Gasteiger partial charge < -0.3 is 9.47 Å².